The lowest BCUT2D eigenvalue weighted by Crippen LogP contribution is -2.29. The van der Waals surface area contributed by atoms with Gasteiger partial charge in [0.15, 0.2) is 4.77 Å². The van der Waals surface area contributed by atoms with Gasteiger partial charge in [0.05, 0.1) is 11.5 Å². The molecule has 1 aliphatic heterocycles. The predicted octanol–water partition coefficient (Wildman–Crippen LogP) is 2.96. The molecule has 1 aromatic carbocycles. The molecule has 4 N–H and O–H groups in total. The van der Waals surface area contributed by atoms with Crippen LogP contribution >= 0.6 is 35.4 Å². The van der Waals surface area contributed by atoms with Gasteiger partial charge >= 0.3 is 0 Å². The number of H-pyrrole nitrogens is 2. The van der Waals surface area contributed by atoms with E-state index < -0.39 is 11.5 Å². The van der Waals surface area contributed by atoms with Crippen LogP contribution in [0.1, 0.15) is 17.0 Å². The molecule has 0 fully saturated rings. The number of ether oxygens (including phenoxy) is 1. The fourth-order valence-electron chi connectivity index (χ4n) is 2.46. The molecular weight excluding hydrogens is 359 g/mol. The Hall–Kier alpha value is -2.27. The molecule has 0 radical (unpaired) electrons. The van der Waals surface area contributed by atoms with Gasteiger partial charge in [-0.3, -0.25) is 9.78 Å². The second-order valence-electron chi connectivity index (χ2n) is 4.71. The molecule has 0 saturated heterocycles. The van der Waals surface area contributed by atoms with Crippen LogP contribution in [-0.4, -0.2) is 9.97 Å². The minimum Gasteiger partial charge on any atom is -0.424 e. The number of allylic oxidation sites excluding steroid dienone is 1. The normalized spacial score (nSPS) is 16.5. The molecule has 1 aromatic heterocycles. The minimum absolute atomic E-state index is 0.0449. The zero-order valence-corrected chi connectivity index (χ0v) is 13.6. The van der Waals surface area contributed by atoms with Gasteiger partial charge in [0, 0.05) is 15.6 Å². The summed E-state index contributed by atoms with van der Waals surface area (Å²) in [7, 11) is 0. The maximum Gasteiger partial charge on any atom is 0.259 e. The lowest BCUT2D eigenvalue weighted by Gasteiger charge is -2.26. The van der Waals surface area contributed by atoms with Crippen LogP contribution in [0.25, 0.3) is 0 Å². The topological polar surface area (TPSA) is 108 Å². The van der Waals surface area contributed by atoms with Gasteiger partial charge in [0.2, 0.25) is 11.8 Å². The Morgan fingerprint density at radius 3 is 2.52 bits per heavy atom. The Kier molecular flexibility index (Phi) is 3.90. The average Bonchev–Trinajstić information content (AvgIpc) is 2.46. The fraction of sp³-hybridized carbons (Fsp3) is 0.0714. The van der Waals surface area contributed by atoms with Crippen LogP contribution in [0.5, 0.6) is 5.88 Å². The largest absolute Gasteiger partial charge is 0.424 e. The zero-order chi connectivity index (χ0) is 16.7. The van der Waals surface area contributed by atoms with Crippen molar-refractivity contribution in [2.24, 2.45) is 5.73 Å². The molecular formula is C14H8Cl2N4O2S. The second kappa shape index (κ2) is 5.74. The van der Waals surface area contributed by atoms with Gasteiger partial charge in [-0.15, -0.1) is 0 Å². The molecule has 1 aliphatic rings. The van der Waals surface area contributed by atoms with Gasteiger partial charge in [-0.05, 0) is 24.4 Å². The summed E-state index contributed by atoms with van der Waals surface area (Å²) >= 11 is 17.4. The van der Waals surface area contributed by atoms with E-state index in [0.29, 0.717) is 15.6 Å². The predicted molar refractivity (Wildman–Crippen MR) is 88.0 cm³/mol. The molecule has 0 unspecified atom stereocenters. The fourth-order valence-corrected chi connectivity index (χ4v) is 3.27. The lowest BCUT2D eigenvalue weighted by atomic mass is 9.85. The van der Waals surface area contributed by atoms with Gasteiger partial charge in [-0.2, -0.15) is 5.26 Å². The number of aromatic nitrogens is 2. The standard InChI is InChI=1S/C14H8Cl2N4O2S/c15-6-2-1-3-7(16)9(6)8-5(4-17)11(18)22-13-10(8)12(21)19-14(23)20-13/h1-3,8H,18H2,(H2,19,20,21,23)/t8-/m0/s1. The number of hydrogen-bond donors (Lipinski definition) is 3. The molecule has 0 spiro atoms. The van der Waals surface area contributed by atoms with E-state index in [2.05, 4.69) is 9.97 Å². The monoisotopic (exact) mass is 366 g/mol. The highest BCUT2D eigenvalue weighted by Gasteiger charge is 2.36. The molecule has 3 rings (SSSR count). The number of fused-ring (bicyclic) bond motifs is 1. The first-order chi connectivity index (χ1) is 10.9. The third-order valence-electron chi connectivity index (χ3n) is 3.41. The minimum atomic E-state index is -0.861. The molecule has 0 amide bonds. The molecule has 23 heavy (non-hydrogen) atoms. The van der Waals surface area contributed by atoms with Crippen LogP contribution < -0.4 is 16.0 Å². The van der Waals surface area contributed by atoms with Gasteiger partial charge < -0.3 is 15.5 Å². The molecule has 0 aliphatic carbocycles. The van der Waals surface area contributed by atoms with Crippen molar-refractivity contribution in [3.8, 4) is 11.9 Å². The van der Waals surface area contributed by atoms with E-state index >= 15 is 0 Å². The second-order valence-corrected chi connectivity index (χ2v) is 5.93. The summed E-state index contributed by atoms with van der Waals surface area (Å²) in [4.78, 5) is 17.5. The highest BCUT2D eigenvalue weighted by molar-refractivity contribution is 7.71. The Morgan fingerprint density at radius 1 is 1.26 bits per heavy atom. The van der Waals surface area contributed by atoms with Crippen LogP contribution in [0, 0.1) is 16.1 Å². The third kappa shape index (κ3) is 2.51. The molecule has 2 heterocycles. The van der Waals surface area contributed by atoms with E-state index in [4.69, 9.17) is 45.9 Å². The van der Waals surface area contributed by atoms with E-state index in [-0.39, 0.29) is 27.7 Å². The van der Waals surface area contributed by atoms with Crippen molar-refractivity contribution in [3.05, 3.63) is 66.0 Å². The number of nitrogens with zero attached hydrogens (tertiary/aromatic N) is 1. The number of benzene rings is 1. The number of nitrogens with one attached hydrogen (secondary N) is 2. The summed E-state index contributed by atoms with van der Waals surface area (Å²) in [6, 6.07) is 6.85. The van der Waals surface area contributed by atoms with E-state index in [0.717, 1.165) is 0 Å². The first-order valence-corrected chi connectivity index (χ1v) is 7.48. The van der Waals surface area contributed by atoms with E-state index in [1.54, 1.807) is 18.2 Å². The molecule has 9 heteroatoms. The highest BCUT2D eigenvalue weighted by atomic mass is 35.5. The van der Waals surface area contributed by atoms with Crippen LogP contribution in [0.3, 0.4) is 0 Å². The van der Waals surface area contributed by atoms with Crippen molar-refractivity contribution in [3.63, 3.8) is 0 Å². The van der Waals surface area contributed by atoms with Crippen LogP contribution in [0.4, 0.5) is 0 Å². The number of halogens is 2. The van der Waals surface area contributed by atoms with Gasteiger partial charge in [0.25, 0.3) is 5.56 Å². The summed E-state index contributed by atoms with van der Waals surface area (Å²) < 4.78 is 5.41. The molecule has 0 saturated carbocycles. The summed E-state index contributed by atoms with van der Waals surface area (Å²) in [6.07, 6.45) is 0. The molecule has 6 nitrogen and oxygen atoms in total. The molecule has 116 valence electrons. The first kappa shape index (κ1) is 15.6. The number of hydrogen-bond acceptors (Lipinski definition) is 5. The lowest BCUT2D eigenvalue weighted by molar-refractivity contribution is 0.374. The van der Waals surface area contributed by atoms with Crippen molar-refractivity contribution in [1.29, 1.82) is 5.26 Å². The molecule has 2 aromatic rings. The SMILES string of the molecule is N#CC1=C(N)Oc2[nH]c(=S)[nH]c(=O)c2[C@@H]1c1c(Cl)cccc1Cl. The zero-order valence-electron chi connectivity index (χ0n) is 11.3. The summed E-state index contributed by atoms with van der Waals surface area (Å²) in [6.45, 7) is 0. The van der Waals surface area contributed by atoms with E-state index in [1.165, 1.54) is 0 Å². The Bertz CT molecular complexity index is 983. The maximum absolute atomic E-state index is 12.4. The van der Waals surface area contributed by atoms with Gasteiger partial charge in [-0.1, -0.05) is 29.3 Å². The third-order valence-corrected chi connectivity index (χ3v) is 4.27. The Morgan fingerprint density at radius 2 is 1.91 bits per heavy atom. The summed E-state index contributed by atoms with van der Waals surface area (Å²) in [5.41, 5.74) is 5.89. The quantitative estimate of drug-likeness (QED) is 0.672. The Labute approximate surface area is 145 Å². The summed E-state index contributed by atoms with van der Waals surface area (Å²) in [5, 5.41) is 10.1. The van der Waals surface area contributed by atoms with Crippen molar-refractivity contribution >= 4 is 35.4 Å². The Balaban J connectivity index is 2.42. The van der Waals surface area contributed by atoms with Gasteiger partial charge in [-0.25, -0.2) is 0 Å². The van der Waals surface area contributed by atoms with Crippen molar-refractivity contribution in [2.75, 3.05) is 0 Å². The summed E-state index contributed by atoms with van der Waals surface area (Å²) in [5.74, 6) is -0.936. The van der Waals surface area contributed by atoms with E-state index in [9.17, 15) is 10.1 Å². The van der Waals surface area contributed by atoms with Crippen LogP contribution in [0.2, 0.25) is 10.0 Å². The highest BCUT2D eigenvalue weighted by Crippen LogP contribution is 2.44. The molecule has 1 atom stereocenters. The number of rotatable bonds is 1. The van der Waals surface area contributed by atoms with Crippen molar-refractivity contribution in [2.45, 2.75) is 5.92 Å². The van der Waals surface area contributed by atoms with Crippen LogP contribution in [0.15, 0.2) is 34.4 Å². The van der Waals surface area contributed by atoms with Crippen LogP contribution in [-0.2, 0) is 0 Å². The van der Waals surface area contributed by atoms with Crippen molar-refractivity contribution in [1.82, 2.24) is 9.97 Å². The number of nitrogens with two attached hydrogens (primary N) is 1. The smallest absolute Gasteiger partial charge is 0.259 e. The number of aromatic amines is 2. The average molecular weight is 367 g/mol. The molecule has 0 bridgehead atoms. The first-order valence-electron chi connectivity index (χ1n) is 6.32. The van der Waals surface area contributed by atoms with E-state index in [1.807, 2.05) is 6.07 Å². The van der Waals surface area contributed by atoms with Gasteiger partial charge in [0.1, 0.15) is 11.6 Å². The maximum atomic E-state index is 12.4. The van der Waals surface area contributed by atoms with Crippen molar-refractivity contribution < 1.29 is 4.74 Å². The number of nitriles is 1.